The second-order valence-electron chi connectivity index (χ2n) is 4.20. The zero-order valence-corrected chi connectivity index (χ0v) is 10.7. The Morgan fingerprint density at radius 1 is 1.41 bits per heavy atom. The molecule has 98 valence electrons. The van der Waals surface area contributed by atoms with Crippen LogP contribution in [0.5, 0.6) is 0 Å². The van der Waals surface area contributed by atoms with Gasteiger partial charge in [-0.1, -0.05) is 12.2 Å². The minimum Gasteiger partial charge on any atom is -0.356 e. The van der Waals surface area contributed by atoms with Gasteiger partial charge >= 0.3 is 0 Å². The van der Waals surface area contributed by atoms with Gasteiger partial charge in [0.25, 0.3) is 0 Å². The summed E-state index contributed by atoms with van der Waals surface area (Å²) in [6, 6.07) is -0.0300. The molecule has 4 N–H and O–H groups in total. The minimum absolute atomic E-state index is 0.0300. The number of nitrogens with two attached hydrogens (primary N) is 1. The first kappa shape index (κ1) is 14.1. The zero-order chi connectivity index (χ0) is 12.9. The summed E-state index contributed by atoms with van der Waals surface area (Å²) in [5.41, 5.74) is 5.64. The normalized spacial score (nSPS) is 23.9. The van der Waals surface area contributed by atoms with E-state index in [0.29, 0.717) is 25.9 Å². The summed E-state index contributed by atoms with van der Waals surface area (Å²) < 4.78 is 23.9. The molecule has 0 heterocycles. The summed E-state index contributed by atoms with van der Waals surface area (Å²) in [7, 11) is -3.14. The van der Waals surface area contributed by atoms with Crippen LogP contribution in [-0.2, 0) is 14.8 Å². The smallest absolute Gasteiger partial charge is 0.226 e. The summed E-state index contributed by atoms with van der Waals surface area (Å²) in [5.74, 6) is -0.193. The molecule has 0 spiro atoms. The van der Waals surface area contributed by atoms with Crippen LogP contribution in [0.4, 0.5) is 0 Å². The van der Waals surface area contributed by atoms with Crippen molar-refractivity contribution >= 4 is 15.9 Å². The number of nitrogens with one attached hydrogen (secondary N) is 2. The fourth-order valence-electron chi connectivity index (χ4n) is 1.61. The van der Waals surface area contributed by atoms with Gasteiger partial charge in [0.05, 0.1) is 12.2 Å². The number of hydrogen-bond donors (Lipinski definition) is 3. The zero-order valence-electron chi connectivity index (χ0n) is 9.85. The van der Waals surface area contributed by atoms with Gasteiger partial charge in [0.15, 0.2) is 0 Å². The van der Waals surface area contributed by atoms with Gasteiger partial charge in [-0.3, -0.25) is 4.79 Å². The molecule has 0 saturated carbocycles. The standard InChI is InChI=1S/C10H19N3O3S/c1-17(15,16)13-6-2-5-12-10(14)8-3-4-9(11)7-8/h3-4,8-9,13H,2,5-7,11H2,1H3,(H,12,14). The maximum atomic E-state index is 11.6. The van der Waals surface area contributed by atoms with Crippen LogP contribution < -0.4 is 15.8 Å². The summed E-state index contributed by atoms with van der Waals surface area (Å²) in [6.45, 7) is 0.792. The third kappa shape index (κ3) is 5.81. The van der Waals surface area contributed by atoms with E-state index < -0.39 is 10.0 Å². The summed E-state index contributed by atoms with van der Waals surface area (Å²) >= 11 is 0. The second-order valence-corrected chi connectivity index (χ2v) is 6.04. The molecule has 1 amide bonds. The van der Waals surface area contributed by atoms with Crippen LogP contribution in [-0.4, -0.2) is 39.7 Å². The SMILES string of the molecule is CS(=O)(=O)NCCCNC(=O)C1C=CC(N)C1. The van der Waals surface area contributed by atoms with E-state index in [0.717, 1.165) is 6.26 Å². The minimum atomic E-state index is -3.14. The van der Waals surface area contributed by atoms with Crippen molar-refractivity contribution in [3.63, 3.8) is 0 Å². The van der Waals surface area contributed by atoms with Crippen molar-refractivity contribution in [1.82, 2.24) is 10.0 Å². The number of carbonyl (C=O) groups is 1. The molecule has 0 fully saturated rings. The van der Waals surface area contributed by atoms with E-state index in [1.165, 1.54) is 0 Å². The quantitative estimate of drug-likeness (QED) is 0.419. The molecule has 0 radical (unpaired) electrons. The van der Waals surface area contributed by atoms with Crippen molar-refractivity contribution in [1.29, 1.82) is 0 Å². The molecule has 6 nitrogen and oxygen atoms in total. The lowest BCUT2D eigenvalue weighted by atomic mass is 10.1. The van der Waals surface area contributed by atoms with Crippen LogP contribution in [0.1, 0.15) is 12.8 Å². The Bertz CT molecular complexity index is 392. The van der Waals surface area contributed by atoms with E-state index in [1.807, 2.05) is 12.2 Å². The van der Waals surface area contributed by atoms with E-state index in [4.69, 9.17) is 5.73 Å². The summed E-state index contributed by atoms with van der Waals surface area (Å²) in [6.07, 6.45) is 5.97. The number of amides is 1. The van der Waals surface area contributed by atoms with Crippen molar-refractivity contribution < 1.29 is 13.2 Å². The number of sulfonamides is 1. The Morgan fingerprint density at radius 3 is 2.65 bits per heavy atom. The molecule has 0 saturated heterocycles. The van der Waals surface area contributed by atoms with Crippen molar-refractivity contribution in [2.24, 2.45) is 11.7 Å². The van der Waals surface area contributed by atoms with Crippen molar-refractivity contribution in [3.8, 4) is 0 Å². The first-order chi connectivity index (χ1) is 7.88. The maximum absolute atomic E-state index is 11.6. The molecule has 0 aromatic rings. The summed E-state index contributed by atoms with van der Waals surface area (Å²) in [4.78, 5) is 11.6. The van der Waals surface area contributed by atoms with Gasteiger partial charge in [-0.25, -0.2) is 13.1 Å². The number of hydrogen-bond acceptors (Lipinski definition) is 4. The molecule has 1 aliphatic rings. The topological polar surface area (TPSA) is 101 Å². The lowest BCUT2D eigenvalue weighted by Crippen LogP contribution is -2.33. The second kappa shape index (κ2) is 6.13. The van der Waals surface area contributed by atoms with E-state index in [-0.39, 0.29) is 17.9 Å². The Kier molecular flexibility index (Phi) is 5.10. The average molecular weight is 261 g/mol. The fraction of sp³-hybridized carbons (Fsp3) is 0.700. The van der Waals surface area contributed by atoms with Gasteiger partial charge in [-0.2, -0.15) is 0 Å². The molecule has 2 atom stereocenters. The molecule has 0 bridgehead atoms. The first-order valence-corrected chi connectivity index (χ1v) is 7.44. The molecular weight excluding hydrogens is 242 g/mol. The highest BCUT2D eigenvalue weighted by atomic mass is 32.2. The van der Waals surface area contributed by atoms with Crippen LogP contribution >= 0.6 is 0 Å². The van der Waals surface area contributed by atoms with Crippen molar-refractivity contribution in [2.45, 2.75) is 18.9 Å². The van der Waals surface area contributed by atoms with Crippen LogP contribution in [0.15, 0.2) is 12.2 Å². The van der Waals surface area contributed by atoms with Crippen molar-refractivity contribution in [3.05, 3.63) is 12.2 Å². The Labute approximate surface area is 102 Å². The molecule has 1 rings (SSSR count). The largest absolute Gasteiger partial charge is 0.356 e. The van der Waals surface area contributed by atoms with E-state index in [2.05, 4.69) is 10.0 Å². The van der Waals surface area contributed by atoms with Gasteiger partial charge < -0.3 is 11.1 Å². The highest BCUT2D eigenvalue weighted by Gasteiger charge is 2.21. The molecule has 0 aromatic heterocycles. The van der Waals surface area contributed by atoms with Gasteiger partial charge in [-0.05, 0) is 12.8 Å². The average Bonchev–Trinajstić information content (AvgIpc) is 2.62. The Hall–Kier alpha value is -0.920. The molecule has 0 aromatic carbocycles. The monoisotopic (exact) mass is 261 g/mol. The predicted octanol–water partition coefficient (Wildman–Crippen LogP) is -1.05. The lowest BCUT2D eigenvalue weighted by molar-refractivity contribution is -0.123. The van der Waals surface area contributed by atoms with E-state index in [9.17, 15) is 13.2 Å². The summed E-state index contributed by atoms with van der Waals surface area (Å²) in [5, 5.41) is 2.75. The van der Waals surface area contributed by atoms with Crippen LogP contribution in [0.3, 0.4) is 0 Å². The first-order valence-electron chi connectivity index (χ1n) is 5.55. The van der Waals surface area contributed by atoms with Gasteiger partial charge in [-0.15, -0.1) is 0 Å². The molecule has 1 aliphatic carbocycles. The van der Waals surface area contributed by atoms with Gasteiger partial charge in [0.2, 0.25) is 15.9 Å². The van der Waals surface area contributed by atoms with Crippen LogP contribution in [0, 0.1) is 5.92 Å². The van der Waals surface area contributed by atoms with Gasteiger partial charge in [0.1, 0.15) is 0 Å². The van der Waals surface area contributed by atoms with Gasteiger partial charge in [0, 0.05) is 19.1 Å². The van der Waals surface area contributed by atoms with E-state index >= 15 is 0 Å². The highest BCUT2D eigenvalue weighted by molar-refractivity contribution is 7.88. The van der Waals surface area contributed by atoms with Crippen molar-refractivity contribution in [2.75, 3.05) is 19.3 Å². The highest BCUT2D eigenvalue weighted by Crippen LogP contribution is 2.15. The molecule has 2 unspecified atom stereocenters. The fourth-order valence-corrected chi connectivity index (χ4v) is 2.13. The maximum Gasteiger partial charge on any atom is 0.226 e. The third-order valence-electron chi connectivity index (χ3n) is 2.47. The molecule has 17 heavy (non-hydrogen) atoms. The Morgan fingerprint density at radius 2 is 2.12 bits per heavy atom. The lowest BCUT2D eigenvalue weighted by Gasteiger charge is -2.10. The number of carbonyl (C=O) groups excluding carboxylic acids is 1. The van der Waals surface area contributed by atoms with E-state index in [1.54, 1.807) is 0 Å². The predicted molar refractivity (Wildman–Crippen MR) is 65.7 cm³/mol. The number of rotatable bonds is 6. The van der Waals surface area contributed by atoms with Crippen LogP contribution in [0.25, 0.3) is 0 Å². The molecular formula is C10H19N3O3S. The third-order valence-corrected chi connectivity index (χ3v) is 3.20. The Balaban J connectivity index is 2.11. The molecule has 0 aliphatic heterocycles. The molecule has 7 heteroatoms. The van der Waals surface area contributed by atoms with Crippen LogP contribution in [0.2, 0.25) is 0 Å².